The molecule has 1 aromatic rings. The van der Waals surface area contributed by atoms with Gasteiger partial charge in [0.05, 0.1) is 0 Å². The second-order valence-corrected chi connectivity index (χ2v) is 5.63. The Morgan fingerprint density at radius 2 is 2.06 bits per heavy atom. The lowest BCUT2D eigenvalue weighted by molar-refractivity contribution is -0.136. The van der Waals surface area contributed by atoms with Gasteiger partial charge in [-0.1, -0.05) is 40.2 Å². The van der Waals surface area contributed by atoms with E-state index in [0.717, 1.165) is 24.8 Å². The molecule has 1 heterocycles. The third-order valence-corrected chi connectivity index (χ3v) is 4.34. The number of hydrogen-bond donors (Lipinski definition) is 0. The molecule has 0 amide bonds. The Bertz CT molecular complexity index is 505. The van der Waals surface area contributed by atoms with Gasteiger partial charge in [-0.05, 0) is 36.0 Å². The van der Waals surface area contributed by atoms with E-state index in [1.807, 2.05) is 0 Å². The molecule has 2 aliphatic rings. The van der Waals surface area contributed by atoms with Crippen molar-refractivity contribution < 1.29 is 9.53 Å². The topological polar surface area (TPSA) is 26.3 Å². The SMILES string of the molecule is O=C1OCC2=C1CC(Br)c1ccccc1CC2. The van der Waals surface area contributed by atoms with Gasteiger partial charge in [0, 0.05) is 10.4 Å². The van der Waals surface area contributed by atoms with Gasteiger partial charge < -0.3 is 4.74 Å². The van der Waals surface area contributed by atoms with Gasteiger partial charge in [-0.3, -0.25) is 0 Å². The van der Waals surface area contributed by atoms with Crippen LogP contribution in [0.15, 0.2) is 35.4 Å². The maximum atomic E-state index is 11.6. The zero-order chi connectivity index (χ0) is 11.8. The summed E-state index contributed by atoms with van der Waals surface area (Å²) < 4.78 is 5.12. The summed E-state index contributed by atoms with van der Waals surface area (Å²) in [6.07, 6.45) is 2.68. The highest BCUT2D eigenvalue weighted by molar-refractivity contribution is 9.09. The maximum absolute atomic E-state index is 11.6. The lowest BCUT2D eigenvalue weighted by Gasteiger charge is -2.18. The predicted octanol–water partition coefficient (Wildman–Crippen LogP) is 3.31. The monoisotopic (exact) mass is 292 g/mol. The first kappa shape index (κ1) is 11.0. The van der Waals surface area contributed by atoms with Crippen molar-refractivity contribution in [1.82, 2.24) is 0 Å². The van der Waals surface area contributed by atoms with Crippen molar-refractivity contribution in [1.29, 1.82) is 0 Å². The Hall–Kier alpha value is -1.09. The summed E-state index contributed by atoms with van der Waals surface area (Å²) in [5, 5.41) is 0. The minimum Gasteiger partial charge on any atom is -0.458 e. The number of aryl methyl sites for hydroxylation is 1. The maximum Gasteiger partial charge on any atom is 0.334 e. The molecule has 3 rings (SSSR count). The molecule has 0 saturated carbocycles. The number of halogens is 1. The van der Waals surface area contributed by atoms with Gasteiger partial charge >= 0.3 is 5.97 Å². The first-order valence-electron chi connectivity index (χ1n) is 5.85. The van der Waals surface area contributed by atoms with Crippen LogP contribution < -0.4 is 0 Å². The molecule has 1 aromatic carbocycles. The van der Waals surface area contributed by atoms with Gasteiger partial charge in [-0.25, -0.2) is 4.79 Å². The highest BCUT2D eigenvalue weighted by Gasteiger charge is 2.29. The van der Waals surface area contributed by atoms with Gasteiger partial charge in [0.2, 0.25) is 0 Å². The molecule has 2 nitrogen and oxygen atoms in total. The first-order chi connectivity index (χ1) is 8.25. The number of alkyl halides is 1. The normalized spacial score (nSPS) is 23.6. The van der Waals surface area contributed by atoms with E-state index < -0.39 is 0 Å². The van der Waals surface area contributed by atoms with Crippen LogP contribution in [0.2, 0.25) is 0 Å². The Kier molecular flexibility index (Phi) is 2.79. The molecule has 0 aromatic heterocycles. The molecule has 0 fully saturated rings. The summed E-state index contributed by atoms with van der Waals surface area (Å²) in [5.74, 6) is -0.121. The van der Waals surface area contributed by atoms with Gasteiger partial charge in [-0.2, -0.15) is 0 Å². The number of hydrogen-bond acceptors (Lipinski definition) is 2. The van der Waals surface area contributed by atoms with Crippen LogP contribution in [0.1, 0.15) is 28.8 Å². The van der Waals surface area contributed by atoms with E-state index in [9.17, 15) is 4.79 Å². The smallest absolute Gasteiger partial charge is 0.334 e. The first-order valence-corrected chi connectivity index (χ1v) is 6.77. The van der Waals surface area contributed by atoms with Crippen molar-refractivity contribution in [3.05, 3.63) is 46.5 Å². The van der Waals surface area contributed by atoms with E-state index in [1.165, 1.54) is 16.7 Å². The van der Waals surface area contributed by atoms with E-state index in [1.54, 1.807) is 0 Å². The lowest BCUT2D eigenvalue weighted by atomic mass is 9.90. The number of fused-ring (bicyclic) bond motifs is 1. The van der Waals surface area contributed by atoms with Crippen LogP contribution in [-0.4, -0.2) is 12.6 Å². The fraction of sp³-hybridized carbons (Fsp3) is 0.357. The van der Waals surface area contributed by atoms with Crippen LogP contribution in [0.5, 0.6) is 0 Å². The van der Waals surface area contributed by atoms with Crippen LogP contribution >= 0.6 is 15.9 Å². The van der Waals surface area contributed by atoms with Crippen molar-refractivity contribution >= 4 is 21.9 Å². The molecule has 1 aliphatic carbocycles. The molecule has 0 spiro atoms. The summed E-state index contributed by atoms with van der Waals surface area (Å²) in [5.41, 5.74) is 4.76. The van der Waals surface area contributed by atoms with Crippen LogP contribution in [0.4, 0.5) is 0 Å². The predicted molar refractivity (Wildman–Crippen MR) is 69.0 cm³/mol. The van der Waals surface area contributed by atoms with Crippen LogP contribution in [0.3, 0.4) is 0 Å². The Morgan fingerprint density at radius 3 is 2.94 bits per heavy atom. The number of ether oxygens (including phenoxy) is 1. The Morgan fingerprint density at radius 1 is 1.24 bits per heavy atom. The van der Waals surface area contributed by atoms with Crippen molar-refractivity contribution in [2.45, 2.75) is 24.1 Å². The summed E-state index contributed by atoms with van der Waals surface area (Å²) >= 11 is 3.69. The lowest BCUT2D eigenvalue weighted by Crippen LogP contribution is -2.07. The molecule has 17 heavy (non-hydrogen) atoms. The van der Waals surface area contributed by atoms with Gasteiger partial charge in [0.15, 0.2) is 0 Å². The molecule has 1 aliphatic heterocycles. The summed E-state index contributed by atoms with van der Waals surface area (Å²) in [7, 11) is 0. The molecule has 3 heteroatoms. The number of carbonyl (C=O) groups is 1. The summed E-state index contributed by atoms with van der Waals surface area (Å²) in [6, 6.07) is 8.44. The number of carbonyl (C=O) groups excluding carboxylic acids is 1. The second kappa shape index (κ2) is 4.30. The Balaban J connectivity index is 2.00. The zero-order valence-corrected chi connectivity index (χ0v) is 11.0. The van der Waals surface area contributed by atoms with Crippen molar-refractivity contribution in [2.24, 2.45) is 0 Å². The standard InChI is InChI=1S/C14H13BrO2/c15-13-7-12-10(8-17-14(12)16)6-5-9-3-1-2-4-11(9)13/h1-4,13H,5-8H2. The minimum atomic E-state index is -0.121. The van der Waals surface area contributed by atoms with Crippen LogP contribution in [-0.2, 0) is 16.0 Å². The molecule has 1 unspecified atom stereocenters. The van der Waals surface area contributed by atoms with Crippen LogP contribution in [0.25, 0.3) is 0 Å². The molecular weight excluding hydrogens is 280 g/mol. The van der Waals surface area contributed by atoms with E-state index >= 15 is 0 Å². The second-order valence-electron chi connectivity index (χ2n) is 4.53. The van der Waals surface area contributed by atoms with Gasteiger partial charge in [-0.15, -0.1) is 0 Å². The van der Waals surface area contributed by atoms with E-state index in [0.29, 0.717) is 6.61 Å². The fourth-order valence-electron chi connectivity index (χ4n) is 2.56. The quantitative estimate of drug-likeness (QED) is 0.542. The summed E-state index contributed by atoms with van der Waals surface area (Å²) in [4.78, 5) is 11.8. The number of esters is 1. The largest absolute Gasteiger partial charge is 0.458 e. The zero-order valence-electron chi connectivity index (χ0n) is 9.41. The van der Waals surface area contributed by atoms with Crippen molar-refractivity contribution in [3.63, 3.8) is 0 Å². The van der Waals surface area contributed by atoms with Crippen molar-refractivity contribution in [3.8, 4) is 0 Å². The Labute approximate surface area is 109 Å². The molecule has 0 N–H and O–H groups in total. The van der Waals surface area contributed by atoms with E-state index in [4.69, 9.17) is 4.74 Å². The average molecular weight is 293 g/mol. The van der Waals surface area contributed by atoms with E-state index in [2.05, 4.69) is 40.2 Å². The van der Waals surface area contributed by atoms with Gasteiger partial charge in [0.1, 0.15) is 6.61 Å². The van der Waals surface area contributed by atoms with Crippen molar-refractivity contribution in [2.75, 3.05) is 6.61 Å². The number of cyclic esters (lactones) is 1. The van der Waals surface area contributed by atoms with Crippen LogP contribution in [0, 0.1) is 0 Å². The third kappa shape index (κ3) is 1.93. The third-order valence-electron chi connectivity index (χ3n) is 3.52. The minimum absolute atomic E-state index is 0.121. The molecule has 0 bridgehead atoms. The molecular formula is C14H13BrO2. The summed E-state index contributed by atoms with van der Waals surface area (Å²) in [6.45, 7) is 0.496. The molecule has 1 atom stereocenters. The number of benzene rings is 1. The highest BCUT2D eigenvalue weighted by atomic mass is 79.9. The molecule has 0 radical (unpaired) electrons. The molecule has 0 saturated heterocycles. The average Bonchev–Trinajstić information content (AvgIpc) is 2.66. The highest BCUT2D eigenvalue weighted by Crippen LogP contribution is 2.38. The molecule has 88 valence electrons. The number of rotatable bonds is 0. The fourth-order valence-corrected chi connectivity index (χ4v) is 3.33. The van der Waals surface area contributed by atoms with Gasteiger partial charge in [0.25, 0.3) is 0 Å². The van der Waals surface area contributed by atoms with E-state index in [-0.39, 0.29) is 10.8 Å².